The summed E-state index contributed by atoms with van der Waals surface area (Å²) in [5.41, 5.74) is 1.45. The fourth-order valence-corrected chi connectivity index (χ4v) is 21.7. The summed E-state index contributed by atoms with van der Waals surface area (Å²) >= 11 is 0. The van der Waals surface area contributed by atoms with E-state index in [1.165, 1.54) is 6.92 Å². The molecule has 2 saturated heterocycles. The molecule has 4 aliphatic rings. The lowest BCUT2D eigenvalue weighted by atomic mass is 9.85. The molecule has 0 radical (unpaired) electrons. The Hall–Kier alpha value is -2.08. The predicted molar refractivity (Wildman–Crippen MR) is 223 cm³/mol. The van der Waals surface area contributed by atoms with Crippen LogP contribution < -0.4 is 0 Å². The Balaban J connectivity index is 1.52. The van der Waals surface area contributed by atoms with Crippen LogP contribution in [-0.2, 0) is 68.1 Å². The van der Waals surface area contributed by atoms with Crippen molar-refractivity contribution in [3.05, 3.63) is 71.8 Å². The largest absolute Gasteiger partial charge is 0.475 e. The number of hydrogen-bond donors (Lipinski definition) is 0. The summed E-state index contributed by atoms with van der Waals surface area (Å²) in [6.07, 6.45) is -1.97. The average molecular weight is 861 g/mol. The lowest BCUT2D eigenvalue weighted by molar-refractivity contribution is -0.209. The first-order valence-electron chi connectivity index (χ1n) is 21.3. The number of phosphoric acid groups is 1. The van der Waals surface area contributed by atoms with Crippen LogP contribution in [-0.4, -0.2) is 71.3 Å². The minimum atomic E-state index is -4.54. The van der Waals surface area contributed by atoms with Crippen LogP contribution in [0.5, 0.6) is 0 Å². The molecule has 2 aromatic rings. The number of rotatable bonds is 16. The van der Waals surface area contributed by atoms with Gasteiger partial charge in [0.25, 0.3) is 0 Å². The van der Waals surface area contributed by atoms with Gasteiger partial charge in [-0.05, 0) is 53.1 Å². The van der Waals surface area contributed by atoms with E-state index in [1.807, 2.05) is 60.7 Å². The van der Waals surface area contributed by atoms with Gasteiger partial charge < -0.3 is 32.0 Å². The first-order chi connectivity index (χ1) is 27.5. The molecule has 12 nitrogen and oxygen atoms in total. The van der Waals surface area contributed by atoms with Crippen LogP contribution in [0, 0.1) is 0 Å². The van der Waals surface area contributed by atoms with Crippen molar-refractivity contribution in [2.45, 2.75) is 185 Å². The number of carbonyl (C=O) groups is 2. The van der Waals surface area contributed by atoms with Crippen molar-refractivity contribution in [2.24, 2.45) is 0 Å². The summed E-state index contributed by atoms with van der Waals surface area (Å²) in [5, 5.41) is 0. The Kier molecular flexibility index (Phi) is 14.8. The van der Waals surface area contributed by atoms with Crippen LogP contribution >= 0.6 is 7.82 Å². The Morgan fingerprint density at radius 2 is 1.16 bits per heavy atom. The molecule has 15 heteroatoms. The molecule has 0 bridgehead atoms. The highest BCUT2D eigenvalue weighted by Crippen LogP contribution is 2.58. The van der Waals surface area contributed by atoms with Crippen molar-refractivity contribution < 1.29 is 54.9 Å². The Bertz CT molecular complexity index is 1660. The molecule has 2 saturated carbocycles. The summed E-state index contributed by atoms with van der Waals surface area (Å²) in [6.45, 7) is 18.4. The molecule has 1 spiro atoms. The quantitative estimate of drug-likeness (QED) is 0.0904. The number of Topliss-reactive ketones (excluding diaryl/α,β-unsaturated/α-hetero) is 1. The van der Waals surface area contributed by atoms with E-state index >= 15 is 4.57 Å². The van der Waals surface area contributed by atoms with E-state index < -0.39 is 73.3 Å². The fraction of sp³-hybridized carbons (Fsp3) is 0.674. The first kappa shape index (κ1) is 45.5. The van der Waals surface area contributed by atoms with Crippen molar-refractivity contribution in [2.75, 3.05) is 0 Å². The molecule has 58 heavy (non-hydrogen) atoms. The van der Waals surface area contributed by atoms with Gasteiger partial charge in [0.05, 0.1) is 19.6 Å². The summed E-state index contributed by atoms with van der Waals surface area (Å²) in [4.78, 5) is 25.9. The summed E-state index contributed by atoms with van der Waals surface area (Å²) in [7, 11) is -11.0. The molecule has 2 aromatic carbocycles. The van der Waals surface area contributed by atoms with Crippen molar-refractivity contribution in [1.29, 1.82) is 0 Å². The molecule has 0 amide bonds. The van der Waals surface area contributed by atoms with E-state index in [0.717, 1.165) is 30.4 Å². The van der Waals surface area contributed by atoms with Crippen LogP contribution in [0.2, 0.25) is 22.2 Å². The highest BCUT2D eigenvalue weighted by atomic mass is 31.2. The second-order valence-electron chi connectivity index (χ2n) is 17.7. The lowest BCUT2D eigenvalue weighted by Gasteiger charge is -2.48. The molecule has 322 valence electrons. The third-order valence-corrected chi connectivity index (χ3v) is 23.8. The maximum absolute atomic E-state index is 15.4. The monoisotopic (exact) mass is 860 g/mol. The number of fused-ring (bicyclic) bond motifs is 3. The van der Waals surface area contributed by atoms with Gasteiger partial charge in [-0.25, -0.2) is 4.57 Å². The van der Waals surface area contributed by atoms with E-state index in [2.05, 4.69) is 55.4 Å². The Labute approximate surface area is 347 Å². The third kappa shape index (κ3) is 9.83. The zero-order chi connectivity index (χ0) is 41.9. The normalized spacial score (nSPS) is 27.7. The van der Waals surface area contributed by atoms with E-state index in [9.17, 15) is 9.59 Å². The maximum Gasteiger partial charge on any atom is 0.475 e. The predicted octanol–water partition coefficient (Wildman–Crippen LogP) is 9.98. The van der Waals surface area contributed by atoms with Gasteiger partial charge in [0.2, 0.25) is 0 Å². The Morgan fingerprint density at radius 1 is 0.672 bits per heavy atom. The topological polar surface area (TPSA) is 134 Å². The molecule has 2 aliphatic heterocycles. The molecule has 6 rings (SSSR count). The van der Waals surface area contributed by atoms with Gasteiger partial charge in [0.15, 0.2) is 11.9 Å². The lowest BCUT2D eigenvalue weighted by Crippen LogP contribution is -2.67. The third-order valence-electron chi connectivity index (χ3n) is 12.1. The van der Waals surface area contributed by atoms with Crippen LogP contribution in [0.15, 0.2) is 60.7 Å². The molecule has 2 heterocycles. The van der Waals surface area contributed by atoms with E-state index in [0.29, 0.717) is 12.8 Å². The molecule has 0 unspecified atom stereocenters. The highest BCUT2D eigenvalue weighted by Gasteiger charge is 2.70. The molecule has 6 atom stereocenters. The van der Waals surface area contributed by atoms with Crippen molar-refractivity contribution in [1.82, 2.24) is 0 Å². The van der Waals surface area contributed by atoms with Crippen LogP contribution in [0.3, 0.4) is 0 Å². The molecular formula is C43H65O12PSi2. The standard InChI is InChI=1S/C43H65O12PSi2/c1-29(2)57(30(3)4)53-41-39-38(50-43(51-39)25-17-12-18-26-43)37(49-36(45)24-23-33(9)44)40(42(41)54-58(55-57,31(5)6)32(7)8)52-56(46,47-27-34-19-13-10-14-20-34)48-28-35-21-15-11-16-22-35/h10-11,13-16,19-22,29-32,37-42H,12,17-18,23-28H2,1-9H3/t37-,38-,39-,40+,41-,42-/m1/s1. The van der Waals surface area contributed by atoms with Gasteiger partial charge in [-0.15, -0.1) is 0 Å². The van der Waals surface area contributed by atoms with Gasteiger partial charge >= 0.3 is 30.9 Å². The van der Waals surface area contributed by atoms with Crippen molar-refractivity contribution in [3.8, 4) is 0 Å². The number of hydrogen-bond acceptors (Lipinski definition) is 12. The fourth-order valence-electron chi connectivity index (χ4n) is 9.03. The second kappa shape index (κ2) is 18.9. The van der Waals surface area contributed by atoms with Gasteiger partial charge in [-0.1, -0.05) is 122 Å². The van der Waals surface area contributed by atoms with Gasteiger partial charge in [-0.3, -0.25) is 18.4 Å². The van der Waals surface area contributed by atoms with Crippen LogP contribution in [0.1, 0.15) is 118 Å². The Morgan fingerprint density at radius 3 is 1.64 bits per heavy atom. The minimum Gasteiger partial charge on any atom is -0.457 e. The molecule has 0 aromatic heterocycles. The maximum atomic E-state index is 15.4. The number of ether oxygens (including phenoxy) is 3. The smallest absolute Gasteiger partial charge is 0.457 e. The molecule has 2 aliphatic carbocycles. The van der Waals surface area contributed by atoms with Crippen LogP contribution in [0.4, 0.5) is 0 Å². The molecule has 0 N–H and O–H groups in total. The van der Waals surface area contributed by atoms with Crippen LogP contribution in [0.25, 0.3) is 0 Å². The SMILES string of the molecule is CC(=O)CCC(=O)O[C@@H]1[C@H]2OC3(CCCCC3)O[C@H]2[C@H]2O[Si](C(C)C)(C(C)C)O[Si](C(C)C)(C(C)C)O[C@@H]2[C@H]1OP(=O)(OCc1ccccc1)OCc1ccccc1. The number of benzene rings is 2. The summed E-state index contributed by atoms with van der Waals surface area (Å²) < 4.78 is 77.8. The van der Waals surface area contributed by atoms with Gasteiger partial charge in [-0.2, -0.15) is 0 Å². The molecule has 4 fully saturated rings. The van der Waals surface area contributed by atoms with Crippen molar-refractivity contribution >= 4 is 36.7 Å². The highest BCUT2D eigenvalue weighted by molar-refractivity contribution is 7.48. The number of ketones is 1. The van der Waals surface area contributed by atoms with Crippen molar-refractivity contribution in [3.63, 3.8) is 0 Å². The summed E-state index contributed by atoms with van der Waals surface area (Å²) in [5.74, 6) is -1.72. The average Bonchev–Trinajstić information content (AvgIpc) is 3.44. The van der Waals surface area contributed by atoms with E-state index in [4.69, 9.17) is 40.7 Å². The second-order valence-corrected chi connectivity index (χ2v) is 28.1. The number of phosphoric ester groups is 1. The van der Waals surface area contributed by atoms with Gasteiger partial charge in [0, 0.05) is 19.3 Å². The number of esters is 1. The number of carbonyl (C=O) groups excluding carboxylic acids is 2. The van der Waals surface area contributed by atoms with E-state index in [-0.39, 0.29) is 54.0 Å². The minimum absolute atomic E-state index is 0.00153. The summed E-state index contributed by atoms with van der Waals surface area (Å²) in [6, 6.07) is 18.7. The van der Waals surface area contributed by atoms with Gasteiger partial charge in [0.1, 0.15) is 36.3 Å². The zero-order valence-electron chi connectivity index (χ0n) is 35.8. The van der Waals surface area contributed by atoms with E-state index in [1.54, 1.807) is 0 Å². The first-order valence-corrected chi connectivity index (χ1v) is 26.7. The zero-order valence-corrected chi connectivity index (χ0v) is 38.7. The molecular weight excluding hydrogens is 796 g/mol.